The number of hydrogen-bond donors (Lipinski definition) is 2. The molecule has 0 atom stereocenters. The summed E-state index contributed by atoms with van der Waals surface area (Å²) in [6, 6.07) is 10.5. The maximum atomic E-state index is 12.0. The van der Waals surface area contributed by atoms with Gasteiger partial charge in [-0.2, -0.15) is 0 Å². The van der Waals surface area contributed by atoms with E-state index in [1.165, 1.54) is 32.4 Å². The first-order valence-electron chi connectivity index (χ1n) is 8.93. The lowest BCUT2D eigenvalue weighted by atomic mass is 10.1. The molecule has 0 bridgehead atoms. The van der Waals surface area contributed by atoms with Crippen molar-refractivity contribution < 1.29 is 24.0 Å². The molecule has 0 unspecified atom stereocenters. The zero-order valence-electron chi connectivity index (χ0n) is 16.8. The van der Waals surface area contributed by atoms with E-state index in [4.69, 9.17) is 21.1 Å². The highest BCUT2D eigenvalue weighted by Gasteiger charge is 2.24. The summed E-state index contributed by atoms with van der Waals surface area (Å²) in [6.45, 7) is 0. The number of carbonyl (C=O) groups is 2. The summed E-state index contributed by atoms with van der Waals surface area (Å²) in [4.78, 5) is 43.0. The fourth-order valence-corrected chi connectivity index (χ4v) is 2.84. The van der Waals surface area contributed by atoms with E-state index in [1.54, 1.807) is 24.3 Å². The third kappa shape index (κ3) is 5.08. The SMILES string of the molecule is COC(=O)c1cc(Nc2ncnc(Nc3ccc(Cl)cc3)c2[N+](=O)[O-])cc(C(=O)OC)c1. The highest BCUT2D eigenvalue weighted by molar-refractivity contribution is 6.30. The second-order valence-corrected chi connectivity index (χ2v) is 6.65. The molecule has 1 heterocycles. The minimum Gasteiger partial charge on any atom is -0.465 e. The normalized spacial score (nSPS) is 10.2. The number of methoxy groups -OCH3 is 2. The summed E-state index contributed by atoms with van der Waals surface area (Å²) in [5.74, 6) is -1.66. The highest BCUT2D eigenvalue weighted by Crippen LogP contribution is 2.33. The lowest BCUT2D eigenvalue weighted by molar-refractivity contribution is -0.383. The van der Waals surface area contributed by atoms with E-state index in [-0.39, 0.29) is 28.5 Å². The molecule has 0 radical (unpaired) electrons. The van der Waals surface area contributed by atoms with Gasteiger partial charge in [0.25, 0.3) is 0 Å². The summed E-state index contributed by atoms with van der Waals surface area (Å²) in [5, 5.41) is 17.9. The van der Waals surface area contributed by atoms with Gasteiger partial charge < -0.3 is 20.1 Å². The van der Waals surface area contributed by atoms with Crippen molar-refractivity contribution in [2.24, 2.45) is 0 Å². The minimum absolute atomic E-state index is 0.0362. The van der Waals surface area contributed by atoms with Gasteiger partial charge in [0, 0.05) is 16.4 Å². The zero-order valence-corrected chi connectivity index (χ0v) is 17.5. The van der Waals surface area contributed by atoms with E-state index in [0.717, 1.165) is 6.33 Å². The van der Waals surface area contributed by atoms with Crippen LogP contribution in [0.3, 0.4) is 0 Å². The standard InChI is InChI=1S/C20H16ClN5O6/c1-31-19(27)11-7-12(20(28)32-2)9-15(8-11)25-18-16(26(29)30)17(22-10-23-18)24-14-5-3-13(21)4-6-14/h3-10H,1-2H3,(H2,22,23,24,25). The molecule has 3 aromatic rings. The second-order valence-electron chi connectivity index (χ2n) is 6.22. The summed E-state index contributed by atoms with van der Waals surface area (Å²) in [6.07, 6.45) is 1.12. The van der Waals surface area contributed by atoms with Gasteiger partial charge in [-0.25, -0.2) is 19.6 Å². The number of nitrogens with one attached hydrogen (secondary N) is 2. The van der Waals surface area contributed by atoms with Crippen LogP contribution < -0.4 is 10.6 Å². The number of anilines is 4. The van der Waals surface area contributed by atoms with E-state index in [0.29, 0.717) is 10.7 Å². The zero-order chi connectivity index (χ0) is 23.3. The van der Waals surface area contributed by atoms with Crippen molar-refractivity contribution in [1.82, 2.24) is 9.97 Å². The first-order valence-corrected chi connectivity index (χ1v) is 9.31. The highest BCUT2D eigenvalue weighted by atomic mass is 35.5. The van der Waals surface area contributed by atoms with Crippen LogP contribution in [0.5, 0.6) is 0 Å². The maximum Gasteiger partial charge on any atom is 0.353 e. The van der Waals surface area contributed by atoms with E-state index < -0.39 is 22.5 Å². The van der Waals surface area contributed by atoms with Gasteiger partial charge in [0.1, 0.15) is 6.33 Å². The van der Waals surface area contributed by atoms with Crippen molar-refractivity contribution in [2.75, 3.05) is 24.9 Å². The van der Waals surface area contributed by atoms with Crippen molar-refractivity contribution in [1.29, 1.82) is 0 Å². The van der Waals surface area contributed by atoms with Crippen molar-refractivity contribution in [3.8, 4) is 0 Å². The van der Waals surface area contributed by atoms with Crippen LogP contribution in [0.2, 0.25) is 5.02 Å². The summed E-state index contributed by atoms with van der Waals surface area (Å²) in [5.41, 5.74) is 0.309. The lowest BCUT2D eigenvalue weighted by Crippen LogP contribution is -2.09. The fourth-order valence-electron chi connectivity index (χ4n) is 2.71. The largest absolute Gasteiger partial charge is 0.465 e. The molecule has 2 aromatic carbocycles. The third-order valence-electron chi connectivity index (χ3n) is 4.15. The van der Waals surface area contributed by atoms with Gasteiger partial charge in [-0.1, -0.05) is 11.6 Å². The van der Waals surface area contributed by atoms with Crippen LogP contribution in [0.4, 0.5) is 28.7 Å². The average Bonchev–Trinajstić information content (AvgIpc) is 2.79. The first kappa shape index (κ1) is 22.4. The van der Waals surface area contributed by atoms with Crippen molar-refractivity contribution in [3.05, 3.63) is 75.1 Å². The number of esters is 2. The molecule has 0 aliphatic heterocycles. The Morgan fingerprint density at radius 1 is 0.906 bits per heavy atom. The van der Waals surface area contributed by atoms with Gasteiger partial charge in [-0.05, 0) is 42.5 Å². The number of nitro groups is 1. The molecule has 164 valence electrons. The number of aromatic nitrogens is 2. The quantitative estimate of drug-likeness (QED) is 0.302. The Hall–Kier alpha value is -4.25. The first-order chi connectivity index (χ1) is 15.3. The molecule has 0 aliphatic rings. The molecule has 2 N–H and O–H groups in total. The molecule has 12 heteroatoms. The van der Waals surface area contributed by atoms with Gasteiger partial charge in [0.05, 0.1) is 30.3 Å². The monoisotopic (exact) mass is 457 g/mol. The Balaban J connectivity index is 2.03. The molecule has 0 spiro atoms. The van der Waals surface area contributed by atoms with Crippen molar-refractivity contribution >= 4 is 52.2 Å². The Morgan fingerprint density at radius 2 is 1.41 bits per heavy atom. The fraction of sp³-hybridized carbons (Fsp3) is 0.100. The van der Waals surface area contributed by atoms with Crippen LogP contribution in [0, 0.1) is 10.1 Å². The molecule has 0 fully saturated rings. The van der Waals surface area contributed by atoms with Gasteiger partial charge >= 0.3 is 17.6 Å². The van der Waals surface area contributed by atoms with Crippen LogP contribution in [0.25, 0.3) is 0 Å². The van der Waals surface area contributed by atoms with Crippen LogP contribution in [-0.4, -0.2) is 41.0 Å². The summed E-state index contributed by atoms with van der Waals surface area (Å²) < 4.78 is 9.39. The van der Waals surface area contributed by atoms with Crippen LogP contribution in [-0.2, 0) is 9.47 Å². The number of benzene rings is 2. The number of halogens is 1. The number of nitrogens with zero attached hydrogens (tertiary/aromatic N) is 3. The molecule has 0 aliphatic carbocycles. The molecule has 0 saturated heterocycles. The predicted octanol–water partition coefficient (Wildman–Crippen LogP) is 4.10. The molecular weight excluding hydrogens is 442 g/mol. The molecule has 3 rings (SSSR count). The number of ether oxygens (including phenoxy) is 2. The van der Waals surface area contributed by atoms with Gasteiger partial charge in [-0.15, -0.1) is 0 Å². The number of carbonyl (C=O) groups excluding carboxylic acids is 2. The lowest BCUT2D eigenvalue weighted by Gasteiger charge is -2.12. The predicted molar refractivity (Wildman–Crippen MR) is 116 cm³/mol. The van der Waals surface area contributed by atoms with Crippen LogP contribution in [0.15, 0.2) is 48.8 Å². The van der Waals surface area contributed by atoms with E-state index >= 15 is 0 Å². The third-order valence-corrected chi connectivity index (χ3v) is 4.40. The summed E-state index contributed by atoms with van der Waals surface area (Å²) >= 11 is 5.87. The van der Waals surface area contributed by atoms with E-state index in [2.05, 4.69) is 20.6 Å². The maximum absolute atomic E-state index is 12.0. The summed E-state index contributed by atoms with van der Waals surface area (Å²) in [7, 11) is 2.37. The number of hydrogen-bond acceptors (Lipinski definition) is 10. The Labute approximate surface area is 186 Å². The van der Waals surface area contributed by atoms with Gasteiger partial charge in [0.15, 0.2) is 0 Å². The average molecular weight is 458 g/mol. The molecule has 0 amide bonds. The Morgan fingerprint density at radius 3 is 1.88 bits per heavy atom. The topological polar surface area (TPSA) is 146 Å². The number of rotatable bonds is 7. The smallest absolute Gasteiger partial charge is 0.353 e. The molecule has 0 saturated carbocycles. The van der Waals surface area contributed by atoms with Crippen LogP contribution in [0.1, 0.15) is 20.7 Å². The van der Waals surface area contributed by atoms with Crippen molar-refractivity contribution in [2.45, 2.75) is 0 Å². The minimum atomic E-state index is -0.707. The van der Waals surface area contributed by atoms with E-state index in [1.807, 2.05) is 0 Å². The second kappa shape index (κ2) is 9.71. The molecule has 32 heavy (non-hydrogen) atoms. The molecule has 11 nitrogen and oxygen atoms in total. The van der Waals surface area contributed by atoms with Crippen LogP contribution >= 0.6 is 11.6 Å². The Kier molecular flexibility index (Phi) is 6.80. The van der Waals surface area contributed by atoms with Gasteiger partial charge in [-0.3, -0.25) is 10.1 Å². The van der Waals surface area contributed by atoms with Gasteiger partial charge in [0.2, 0.25) is 11.6 Å². The molecular formula is C20H16ClN5O6. The van der Waals surface area contributed by atoms with Crippen molar-refractivity contribution in [3.63, 3.8) is 0 Å². The Bertz CT molecular complexity index is 1150. The molecule has 1 aromatic heterocycles. The van der Waals surface area contributed by atoms with E-state index in [9.17, 15) is 19.7 Å².